The third kappa shape index (κ3) is 7.07. The number of nitrogens with one attached hydrogen (secondary N) is 1. The maximum absolute atomic E-state index is 15.4. The molecule has 322 valence electrons. The zero-order valence-electron chi connectivity index (χ0n) is 35.0. The molecular formula is C45H53NO14. The van der Waals surface area contributed by atoms with E-state index in [1.807, 2.05) is 0 Å². The number of aliphatic hydroxyl groups excluding tert-OH is 1. The highest BCUT2D eigenvalue weighted by molar-refractivity contribution is 5.97. The predicted molar refractivity (Wildman–Crippen MR) is 210 cm³/mol. The molecule has 2 aromatic rings. The molecule has 60 heavy (non-hydrogen) atoms. The van der Waals surface area contributed by atoms with Crippen molar-refractivity contribution in [3.63, 3.8) is 0 Å². The van der Waals surface area contributed by atoms with Crippen LogP contribution < -0.4 is 5.32 Å². The van der Waals surface area contributed by atoms with Crippen molar-refractivity contribution in [3.05, 3.63) is 82.9 Å². The highest BCUT2D eigenvalue weighted by Crippen LogP contribution is 2.74. The van der Waals surface area contributed by atoms with E-state index >= 15 is 4.79 Å². The van der Waals surface area contributed by atoms with Gasteiger partial charge in [0.2, 0.25) is 0 Å². The molecule has 1 saturated heterocycles. The third-order valence-corrected chi connectivity index (χ3v) is 13.2. The van der Waals surface area contributed by atoms with Crippen molar-refractivity contribution in [1.29, 1.82) is 0 Å². The fourth-order valence-corrected chi connectivity index (χ4v) is 10.4. The van der Waals surface area contributed by atoms with Crippen molar-refractivity contribution in [2.45, 2.75) is 128 Å². The number of fused-ring (bicyclic) bond motifs is 4. The van der Waals surface area contributed by atoms with Crippen molar-refractivity contribution < 1.29 is 67.4 Å². The average molecular weight is 832 g/mol. The van der Waals surface area contributed by atoms with Gasteiger partial charge in [0.05, 0.1) is 24.1 Å². The van der Waals surface area contributed by atoms with E-state index in [1.165, 1.54) is 19.1 Å². The number of hydrogen-bond acceptors (Lipinski definition) is 14. The van der Waals surface area contributed by atoms with Gasteiger partial charge in [-0.05, 0) is 75.3 Å². The van der Waals surface area contributed by atoms with E-state index in [0.29, 0.717) is 12.0 Å². The van der Waals surface area contributed by atoms with E-state index in [9.17, 15) is 34.2 Å². The van der Waals surface area contributed by atoms with E-state index in [-0.39, 0.29) is 35.7 Å². The molecule has 3 saturated carbocycles. The molecule has 1 aliphatic heterocycles. The lowest BCUT2D eigenvalue weighted by molar-refractivity contribution is -0.323. The Balaban J connectivity index is 1.37. The largest absolute Gasteiger partial charge is 0.456 e. The van der Waals surface area contributed by atoms with Gasteiger partial charge in [0.15, 0.2) is 23.6 Å². The first-order valence-corrected chi connectivity index (χ1v) is 20.2. The van der Waals surface area contributed by atoms with Crippen LogP contribution >= 0.6 is 0 Å². The van der Waals surface area contributed by atoms with Gasteiger partial charge >= 0.3 is 30.0 Å². The molecule has 2 aromatic carbocycles. The van der Waals surface area contributed by atoms with Crippen LogP contribution in [0.2, 0.25) is 0 Å². The van der Waals surface area contributed by atoms with Crippen molar-refractivity contribution >= 4 is 35.8 Å². The molecule has 1 spiro atoms. The highest BCUT2D eigenvalue weighted by Gasteiger charge is 2.84. The molecule has 0 radical (unpaired) electrons. The summed E-state index contributed by atoms with van der Waals surface area (Å²) in [5, 5.41) is 27.9. The Bertz CT molecular complexity index is 2110. The number of alkyl carbamates (subject to hydrolysis) is 1. The number of ether oxygens (including phenoxy) is 6. The van der Waals surface area contributed by atoms with Crippen molar-refractivity contribution in [2.75, 3.05) is 6.61 Å². The number of ketones is 1. The van der Waals surface area contributed by atoms with Crippen LogP contribution in [0.3, 0.4) is 0 Å². The highest BCUT2D eigenvalue weighted by atomic mass is 16.6. The van der Waals surface area contributed by atoms with E-state index in [0.717, 1.165) is 6.92 Å². The van der Waals surface area contributed by atoms with Gasteiger partial charge in [-0.3, -0.25) is 14.4 Å². The normalized spacial score (nSPS) is 33.3. The number of aliphatic hydroxyl groups is 2. The second kappa shape index (κ2) is 15.1. The van der Waals surface area contributed by atoms with Gasteiger partial charge in [-0.1, -0.05) is 62.4 Å². The Kier molecular flexibility index (Phi) is 10.8. The van der Waals surface area contributed by atoms with Crippen molar-refractivity contribution in [1.82, 2.24) is 5.32 Å². The Morgan fingerprint density at radius 3 is 2.10 bits per heavy atom. The first-order chi connectivity index (χ1) is 28.1. The summed E-state index contributed by atoms with van der Waals surface area (Å²) in [5.74, 6) is -5.65. The van der Waals surface area contributed by atoms with E-state index in [1.54, 1.807) is 90.1 Å². The molecule has 11 atom stereocenters. The molecule has 15 heteroatoms. The molecule has 0 aromatic heterocycles. The molecule has 5 aliphatic rings. The minimum absolute atomic E-state index is 0.128. The summed E-state index contributed by atoms with van der Waals surface area (Å²) in [7, 11) is 0. The number of carbonyl (C=O) groups is 6. The maximum atomic E-state index is 15.4. The fourth-order valence-electron chi connectivity index (χ4n) is 10.4. The standard InChI is InChI=1S/C45H53NO14/c1-23-29(57-39(52)33(49)32(26-15-11-9-12-16-26)46-40(53)60-41(4,5)6)21-45(54)37(58-38(51)27-17-13-10-14-18-27)35-43(36(50)34(56-24(2)47)31(23)42(45,7)8)20-28(43)19-30-44(35,22-55-30)59-25(3)48/h9-18,28-30,32-35,37,49,54H,19-22H2,1-8H3,(H,46,53)/t28?,29?,30?,32?,33?,34?,35?,37?,43-,44+,45-/m1/s1. The Morgan fingerprint density at radius 1 is 0.900 bits per heavy atom. The van der Waals surface area contributed by atoms with Gasteiger partial charge in [0.1, 0.15) is 29.5 Å². The number of Topliss-reactive ketones (excluding diaryl/α,β-unsaturated/α-hetero) is 1. The number of hydrogen-bond donors (Lipinski definition) is 3. The molecular weight excluding hydrogens is 778 g/mol. The van der Waals surface area contributed by atoms with Crippen molar-refractivity contribution in [2.24, 2.45) is 22.7 Å². The van der Waals surface area contributed by atoms with Gasteiger partial charge in [0, 0.05) is 31.1 Å². The number of carbonyl (C=O) groups excluding carboxylic acids is 6. The van der Waals surface area contributed by atoms with Gasteiger partial charge in [-0.2, -0.15) is 0 Å². The van der Waals surface area contributed by atoms with Crippen LogP contribution in [0.15, 0.2) is 71.8 Å². The van der Waals surface area contributed by atoms with Crippen LogP contribution in [-0.2, 0) is 47.6 Å². The van der Waals surface area contributed by atoms with Crippen LogP contribution in [-0.4, -0.2) is 99.9 Å². The minimum atomic E-state index is -2.25. The summed E-state index contributed by atoms with van der Waals surface area (Å²) in [5.41, 5.74) is -6.79. The first kappa shape index (κ1) is 43.0. The molecule has 2 bridgehead atoms. The lowest BCUT2D eigenvalue weighted by atomic mass is 9.48. The number of rotatable bonds is 9. The Morgan fingerprint density at radius 2 is 1.53 bits per heavy atom. The fraction of sp³-hybridized carbons (Fsp3) is 0.556. The van der Waals surface area contributed by atoms with Crippen LogP contribution in [0, 0.1) is 22.7 Å². The first-order valence-electron chi connectivity index (χ1n) is 20.2. The zero-order valence-corrected chi connectivity index (χ0v) is 35.0. The lowest BCUT2D eigenvalue weighted by Crippen LogP contribution is -2.78. The van der Waals surface area contributed by atoms with Crippen molar-refractivity contribution in [3.8, 4) is 0 Å². The third-order valence-electron chi connectivity index (χ3n) is 13.2. The van der Waals surface area contributed by atoms with Gasteiger partial charge < -0.3 is 44.0 Å². The molecule has 1 amide bonds. The molecule has 15 nitrogen and oxygen atoms in total. The Labute approximate surface area is 348 Å². The lowest BCUT2D eigenvalue weighted by Gasteiger charge is -2.64. The summed E-state index contributed by atoms with van der Waals surface area (Å²) in [4.78, 5) is 82.8. The van der Waals surface area contributed by atoms with Gasteiger partial charge in [-0.15, -0.1) is 0 Å². The summed E-state index contributed by atoms with van der Waals surface area (Å²) in [6, 6.07) is 14.9. The smallest absolute Gasteiger partial charge is 0.408 e. The van der Waals surface area contributed by atoms with Crippen LogP contribution in [0.1, 0.15) is 96.6 Å². The van der Waals surface area contributed by atoms with E-state index in [4.69, 9.17) is 28.4 Å². The number of amides is 1. The summed E-state index contributed by atoms with van der Waals surface area (Å²) in [6.45, 7) is 12.0. The predicted octanol–water partition coefficient (Wildman–Crippen LogP) is 4.47. The molecule has 8 unspecified atom stereocenters. The average Bonchev–Trinajstić information content (AvgIpc) is 3.90. The summed E-state index contributed by atoms with van der Waals surface area (Å²) in [6.07, 6.45) is -8.18. The summed E-state index contributed by atoms with van der Waals surface area (Å²) < 4.78 is 36.0. The minimum Gasteiger partial charge on any atom is -0.456 e. The van der Waals surface area contributed by atoms with Crippen LogP contribution in [0.25, 0.3) is 0 Å². The van der Waals surface area contributed by atoms with Crippen LogP contribution in [0.4, 0.5) is 4.79 Å². The summed E-state index contributed by atoms with van der Waals surface area (Å²) >= 11 is 0. The van der Waals surface area contributed by atoms with Gasteiger partial charge in [-0.25, -0.2) is 14.4 Å². The SMILES string of the molecule is CC(=O)OC1C(=O)[C@]23CC2CC2OC[C@@]2(OC(C)=O)C3C(OC(=O)c2ccccc2)[C@]2(O)CC(OC(=O)C(O)C(NC(=O)OC(C)(C)C)c3ccccc3)C(C)=C1C2(C)C. The molecule has 4 aliphatic carbocycles. The number of benzene rings is 2. The van der Waals surface area contributed by atoms with Gasteiger partial charge in [0.25, 0.3) is 0 Å². The topological polar surface area (TPSA) is 210 Å². The Hall–Kier alpha value is -5.12. The maximum Gasteiger partial charge on any atom is 0.408 e. The molecule has 3 N–H and O–H groups in total. The molecule has 4 fully saturated rings. The molecule has 7 rings (SSSR count). The second-order valence-electron chi connectivity index (χ2n) is 18.3. The zero-order chi connectivity index (χ0) is 43.7. The van der Waals surface area contributed by atoms with E-state index in [2.05, 4.69) is 5.32 Å². The van der Waals surface area contributed by atoms with E-state index < -0.39 is 112 Å². The number of esters is 4. The van der Waals surface area contributed by atoms with Crippen LogP contribution in [0.5, 0.6) is 0 Å². The molecule has 1 heterocycles. The second-order valence-corrected chi connectivity index (χ2v) is 18.3. The monoisotopic (exact) mass is 831 g/mol. The quantitative estimate of drug-likeness (QED) is 0.181.